The van der Waals surface area contributed by atoms with Crippen molar-refractivity contribution in [2.45, 2.75) is 19.9 Å². The largest absolute Gasteiger partial charge is 0.493 e. The molecule has 2 N–H and O–H groups in total. The molecule has 2 amide bonds. The van der Waals surface area contributed by atoms with E-state index in [0.29, 0.717) is 28.5 Å². The lowest BCUT2D eigenvalue weighted by Crippen LogP contribution is -2.31. The highest BCUT2D eigenvalue weighted by Crippen LogP contribution is 2.31. The van der Waals surface area contributed by atoms with Crippen molar-refractivity contribution < 1.29 is 28.6 Å². The van der Waals surface area contributed by atoms with Crippen molar-refractivity contribution in [2.24, 2.45) is 0 Å². The van der Waals surface area contributed by atoms with E-state index >= 15 is 0 Å². The normalized spacial score (nSPS) is 13.4. The van der Waals surface area contributed by atoms with Crippen molar-refractivity contribution >= 4 is 23.3 Å². The zero-order chi connectivity index (χ0) is 21.0. The van der Waals surface area contributed by atoms with Crippen LogP contribution in [-0.2, 0) is 9.59 Å². The number of rotatable bonds is 7. The Kier molecular flexibility index (Phi) is 6.01. The summed E-state index contributed by atoms with van der Waals surface area (Å²) >= 11 is 0. The van der Waals surface area contributed by atoms with Crippen LogP contribution in [0.1, 0.15) is 35.8 Å². The predicted octanol–water partition coefficient (Wildman–Crippen LogP) is 2.48. The molecule has 0 aliphatic carbocycles. The Morgan fingerprint density at radius 2 is 2.00 bits per heavy atom. The molecule has 8 heteroatoms. The molecule has 3 rings (SSSR count). The Morgan fingerprint density at radius 1 is 1.21 bits per heavy atom. The van der Waals surface area contributed by atoms with E-state index < -0.39 is 0 Å². The summed E-state index contributed by atoms with van der Waals surface area (Å²) in [5, 5.41) is 5.58. The second-order valence-corrected chi connectivity index (χ2v) is 6.59. The van der Waals surface area contributed by atoms with E-state index in [0.717, 1.165) is 5.56 Å². The Balaban J connectivity index is 1.60. The van der Waals surface area contributed by atoms with E-state index in [1.165, 1.54) is 14.0 Å². The Hall–Kier alpha value is -3.55. The van der Waals surface area contributed by atoms with Crippen LogP contribution in [0, 0.1) is 0 Å². The quantitative estimate of drug-likeness (QED) is 0.695. The zero-order valence-corrected chi connectivity index (χ0v) is 16.4. The number of carbonyl (C=O) groups is 3. The highest BCUT2D eigenvalue weighted by molar-refractivity contribution is 5.95. The average Bonchev–Trinajstić information content (AvgIpc) is 2.71. The van der Waals surface area contributed by atoms with Gasteiger partial charge in [-0.15, -0.1) is 0 Å². The maximum atomic E-state index is 12.3. The van der Waals surface area contributed by atoms with Crippen molar-refractivity contribution in [3.63, 3.8) is 0 Å². The molecule has 0 saturated heterocycles. The maximum Gasteiger partial charge on any atom is 0.262 e. The van der Waals surface area contributed by atoms with Crippen molar-refractivity contribution in [3.05, 3.63) is 47.5 Å². The lowest BCUT2D eigenvalue weighted by molar-refractivity contribution is -0.123. The fourth-order valence-corrected chi connectivity index (χ4v) is 2.89. The van der Waals surface area contributed by atoms with Crippen LogP contribution in [0.2, 0.25) is 0 Å². The highest BCUT2D eigenvalue weighted by atomic mass is 16.5. The fraction of sp³-hybridized carbons (Fsp3) is 0.286. The molecule has 1 unspecified atom stereocenters. The van der Waals surface area contributed by atoms with Gasteiger partial charge in [0.1, 0.15) is 5.75 Å². The summed E-state index contributed by atoms with van der Waals surface area (Å²) < 4.78 is 16.1. The van der Waals surface area contributed by atoms with Gasteiger partial charge in [0.2, 0.25) is 0 Å². The first kappa shape index (κ1) is 20.2. The topological polar surface area (TPSA) is 103 Å². The van der Waals surface area contributed by atoms with Gasteiger partial charge in [0, 0.05) is 5.56 Å². The second-order valence-electron chi connectivity index (χ2n) is 6.59. The first-order valence-corrected chi connectivity index (χ1v) is 9.05. The van der Waals surface area contributed by atoms with E-state index in [1.54, 1.807) is 30.3 Å². The van der Waals surface area contributed by atoms with Crippen molar-refractivity contribution in [2.75, 3.05) is 25.6 Å². The summed E-state index contributed by atoms with van der Waals surface area (Å²) in [6.45, 7) is 3.06. The van der Waals surface area contributed by atoms with Gasteiger partial charge in [-0.05, 0) is 49.7 Å². The first-order chi connectivity index (χ1) is 13.9. The minimum atomic E-state index is -0.326. The lowest BCUT2D eigenvalue weighted by atomic mass is 10.1. The van der Waals surface area contributed by atoms with Gasteiger partial charge in [-0.3, -0.25) is 14.4 Å². The van der Waals surface area contributed by atoms with E-state index in [2.05, 4.69) is 10.6 Å². The molecule has 0 fully saturated rings. The predicted molar refractivity (Wildman–Crippen MR) is 106 cm³/mol. The van der Waals surface area contributed by atoms with Gasteiger partial charge in [-0.2, -0.15) is 0 Å². The number of carbonyl (C=O) groups excluding carboxylic acids is 3. The average molecular weight is 398 g/mol. The van der Waals surface area contributed by atoms with Gasteiger partial charge in [0.25, 0.3) is 11.8 Å². The minimum absolute atomic E-state index is 0.00711. The van der Waals surface area contributed by atoms with Gasteiger partial charge < -0.3 is 24.8 Å². The summed E-state index contributed by atoms with van der Waals surface area (Å²) in [4.78, 5) is 35.2. The van der Waals surface area contributed by atoms with Crippen LogP contribution < -0.4 is 24.8 Å². The SMILES string of the molecule is COc1cc(C(C)=O)ccc1OCC(=O)NC(C)c1ccc2c(c1)NC(=O)CO2. The lowest BCUT2D eigenvalue weighted by Gasteiger charge is -2.21. The molecule has 0 aromatic heterocycles. The third-order valence-electron chi connectivity index (χ3n) is 4.44. The number of Topliss-reactive ketones (excluding diaryl/α,β-unsaturated/α-hetero) is 1. The van der Waals surface area contributed by atoms with E-state index in [-0.39, 0.29) is 36.9 Å². The van der Waals surface area contributed by atoms with Gasteiger partial charge in [-0.1, -0.05) is 6.07 Å². The van der Waals surface area contributed by atoms with Crippen molar-refractivity contribution in [1.82, 2.24) is 5.32 Å². The number of amides is 2. The summed E-state index contributed by atoms with van der Waals surface area (Å²) in [5.74, 6) is 0.708. The molecule has 8 nitrogen and oxygen atoms in total. The second kappa shape index (κ2) is 8.64. The minimum Gasteiger partial charge on any atom is -0.493 e. The van der Waals surface area contributed by atoms with Gasteiger partial charge in [0.05, 0.1) is 18.8 Å². The molecule has 152 valence electrons. The fourth-order valence-electron chi connectivity index (χ4n) is 2.89. The molecule has 1 aliphatic heterocycles. The Bertz CT molecular complexity index is 956. The maximum absolute atomic E-state index is 12.3. The molecule has 1 aliphatic rings. The van der Waals surface area contributed by atoms with Crippen LogP contribution in [0.15, 0.2) is 36.4 Å². The van der Waals surface area contributed by atoms with Crippen molar-refractivity contribution in [1.29, 1.82) is 0 Å². The number of ether oxygens (including phenoxy) is 3. The summed E-state index contributed by atoms with van der Waals surface area (Å²) in [7, 11) is 1.47. The molecule has 2 aromatic rings. The van der Waals surface area contributed by atoms with Crippen molar-refractivity contribution in [3.8, 4) is 17.2 Å². The standard InChI is InChI=1S/C21H22N2O6/c1-12(14-4-6-17-16(8-14)23-21(26)11-28-17)22-20(25)10-29-18-7-5-15(13(2)24)9-19(18)27-3/h4-9,12H,10-11H2,1-3H3,(H,22,25)(H,23,26). The van der Waals surface area contributed by atoms with E-state index in [1.807, 2.05) is 13.0 Å². The first-order valence-electron chi connectivity index (χ1n) is 9.05. The van der Waals surface area contributed by atoms with Crippen LogP contribution in [0.25, 0.3) is 0 Å². The number of nitrogens with one attached hydrogen (secondary N) is 2. The number of hydrogen-bond acceptors (Lipinski definition) is 6. The number of anilines is 1. The molecule has 2 aromatic carbocycles. The Labute approximate surface area is 168 Å². The van der Waals surface area contributed by atoms with Crippen LogP contribution in [0.4, 0.5) is 5.69 Å². The third kappa shape index (κ3) is 4.84. The molecule has 0 spiro atoms. The molecule has 0 bridgehead atoms. The number of fused-ring (bicyclic) bond motifs is 1. The van der Waals surface area contributed by atoms with Crippen LogP contribution in [0.3, 0.4) is 0 Å². The number of hydrogen-bond donors (Lipinski definition) is 2. The van der Waals surface area contributed by atoms with Crippen LogP contribution >= 0.6 is 0 Å². The smallest absolute Gasteiger partial charge is 0.262 e. The molecule has 1 atom stereocenters. The highest BCUT2D eigenvalue weighted by Gasteiger charge is 2.18. The van der Waals surface area contributed by atoms with Crippen LogP contribution in [0.5, 0.6) is 17.2 Å². The zero-order valence-electron chi connectivity index (χ0n) is 16.4. The number of benzene rings is 2. The Morgan fingerprint density at radius 3 is 2.72 bits per heavy atom. The van der Waals surface area contributed by atoms with E-state index in [9.17, 15) is 14.4 Å². The summed E-state index contributed by atoms with van der Waals surface area (Å²) in [6, 6.07) is 9.82. The van der Waals surface area contributed by atoms with Gasteiger partial charge in [-0.25, -0.2) is 0 Å². The van der Waals surface area contributed by atoms with Crippen LogP contribution in [-0.4, -0.2) is 37.9 Å². The van der Waals surface area contributed by atoms with E-state index in [4.69, 9.17) is 14.2 Å². The third-order valence-corrected chi connectivity index (χ3v) is 4.44. The molecule has 0 radical (unpaired) electrons. The summed E-state index contributed by atoms with van der Waals surface area (Å²) in [5.41, 5.74) is 1.88. The molecular formula is C21H22N2O6. The molecule has 29 heavy (non-hydrogen) atoms. The molecule has 0 saturated carbocycles. The van der Waals surface area contributed by atoms with Gasteiger partial charge in [0.15, 0.2) is 30.5 Å². The van der Waals surface area contributed by atoms with Gasteiger partial charge >= 0.3 is 0 Å². The number of ketones is 1. The monoisotopic (exact) mass is 398 g/mol. The summed E-state index contributed by atoms with van der Waals surface area (Å²) in [6.07, 6.45) is 0. The molecule has 1 heterocycles. The molecular weight excluding hydrogens is 376 g/mol. The number of methoxy groups -OCH3 is 1.